The average Bonchev–Trinajstić information content (AvgIpc) is 2.77. The number of anilines is 1. The van der Waals surface area contributed by atoms with Crippen LogP contribution in [0.3, 0.4) is 0 Å². The third kappa shape index (κ3) is 1.22. The summed E-state index contributed by atoms with van der Waals surface area (Å²) in [5, 5.41) is 10.1. The van der Waals surface area contributed by atoms with Crippen molar-refractivity contribution in [2.24, 2.45) is 0 Å². The Morgan fingerprint density at radius 1 is 1.17 bits per heavy atom. The van der Waals surface area contributed by atoms with Crippen LogP contribution in [0.5, 0.6) is 0 Å². The van der Waals surface area contributed by atoms with Gasteiger partial charge in [0.2, 0.25) is 5.58 Å². The highest BCUT2D eigenvalue weighted by Crippen LogP contribution is 2.29. The molecule has 0 unspecified atom stereocenters. The van der Waals surface area contributed by atoms with Crippen LogP contribution in [0.1, 0.15) is 10.4 Å². The van der Waals surface area contributed by atoms with Gasteiger partial charge in [0.25, 0.3) is 0 Å². The van der Waals surface area contributed by atoms with Crippen molar-refractivity contribution >= 4 is 33.6 Å². The van der Waals surface area contributed by atoms with E-state index >= 15 is 0 Å². The number of benzene rings is 1. The van der Waals surface area contributed by atoms with E-state index < -0.39 is 11.6 Å². The molecule has 0 atom stereocenters. The second-order valence-corrected chi connectivity index (χ2v) is 3.76. The van der Waals surface area contributed by atoms with Crippen LogP contribution in [0.15, 0.2) is 38.1 Å². The molecular weight excluding hydrogens is 238 g/mol. The molecule has 0 aliphatic heterocycles. The van der Waals surface area contributed by atoms with Crippen molar-refractivity contribution in [3.63, 3.8) is 0 Å². The Bertz CT molecular complexity index is 843. The van der Waals surface area contributed by atoms with E-state index in [0.717, 1.165) is 0 Å². The molecular formula is C12H7NO5. The maximum Gasteiger partial charge on any atom is 0.380 e. The molecule has 2 heterocycles. The van der Waals surface area contributed by atoms with E-state index in [-0.39, 0.29) is 22.4 Å². The van der Waals surface area contributed by atoms with Gasteiger partial charge in [-0.15, -0.1) is 0 Å². The first-order valence-electron chi connectivity index (χ1n) is 5.05. The molecule has 0 radical (unpaired) electrons. The van der Waals surface area contributed by atoms with Crippen molar-refractivity contribution in [1.82, 2.24) is 0 Å². The largest absolute Gasteiger partial charge is 0.477 e. The molecule has 0 fully saturated rings. The van der Waals surface area contributed by atoms with Crippen molar-refractivity contribution in [2.45, 2.75) is 0 Å². The van der Waals surface area contributed by atoms with Gasteiger partial charge in [0.15, 0.2) is 5.58 Å². The van der Waals surface area contributed by atoms with Crippen molar-refractivity contribution in [3.8, 4) is 0 Å². The lowest BCUT2D eigenvalue weighted by Gasteiger charge is -2.04. The summed E-state index contributed by atoms with van der Waals surface area (Å²) in [4.78, 5) is 22.8. The standard InChI is InChI=1S/C12H7NO5/c13-7-2-1-5-6-3-4-17-10(6)12(16)18-9(5)8(7)11(14)15/h1-4H,13H2,(H,14,15). The number of rotatable bonds is 1. The van der Waals surface area contributed by atoms with Gasteiger partial charge in [0.1, 0.15) is 5.56 Å². The van der Waals surface area contributed by atoms with E-state index in [0.29, 0.717) is 10.8 Å². The lowest BCUT2D eigenvalue weighted by Crippen LogP contribution is -2.06. The fraction of sp³-hybridized carbons (Fsp3) is 0. The molecule has 0 saturated heterocycles. The van der Waals surface area contributed by atoms with E-state index in [1.807, 2.05) is 0 Å². The first-order chi connectivity index (χ1) is 8.59. The van der Waals surface area contributed by atoms with Crippen LogP contribution < -0.4 is 11.4 Å². The van der Waals surface area contributed by atoms with E-state index in [1.54, 1.807) is 12.1 Å². The number of fused-ring (bicyclic) bond motifs is 3. The fourth-order valence-corrected chi connectivity index (χ4v) is 1.96. The van der Waals surface area contributed by atoms with Crippen LogP contribution in [-0.4, -0.2) is 11.1 Å². The van der Waals surface area contributed by atoms with Crippen LogP contribution >= 0.6 is 0 Å². The summed E-state index contributed by atoms with van der Waals surface area (Å²) in [5.41, 5.74) is 4.71. The normalized spacial score (nSPS) is 11.1. The molecule has 6 heteroatoms. The van der Waals surface area contributed by atoms with Crippen LogP contribution in [0.4, 0.5) is 5.69 Å². The summed E-state index contributed by atoms with van der Waals surface area (Å²) in [7, 11) is 0. The van der Waals surface area contributed by atoms with Crippen LogP contribution in [0.25, 0.3) is 21.9 Å². The minimum Gasteiger partial charge on any atom is -0.477 e. The van der Waals surface area contributed by atoms with Crippen LogP contribution in [0.2, 0.25) is 0 Å². The van der Waals surface area contributed by atoms with Crippen LogP contribution in [0, 0.1) is 0 Å². The van der Waals surface area contributed by atoms with E-state index in [9.17, 15) is 9.59 Å². The van der Waals surface area contributed by atoms with Crippen molar-refractivity contribution in [1.29, 1.82) is 0 Å². The Hall–Kier alpha value is -2.76. The second kappa shape index (κ2) is 3.36. The molecule has 18 heavy (non-hydrogen) atoms. The van der Waals surface area contributed by atoms with Gasteiger partial charge in [-0.1, -0.05) is 0 Å². The fourth-order valence-electron chi connectivity index (χ4n) is 1.96. The zero-order valence-electron chi connectivity index (χ0n) is 8.97. The lowest BCUT2D eigenvalue weighted by molar-refractivity contribution is 0.0699. The zero-order valence-corrected chi connectivity index (χ0v) is 8.97. The zero-order chi connectivity index (χ0) is 12.9. The van der Waals surface area contributed by atoms with Crippen molar-refractivity contribution in [3.05, 3.63) is 40.4 Å². The summed E-state index contributed by atoms with van der Waals surface area (Å²) in [6, 6.07) is 4.63. The molecule has 3 rings (SSSR count). The Balaban J connectivity index is 2.64. The first kappa shape index (κ1) is 10.4. The predicted molar refractivity (Wildman–Crippen MR) is 63.6 cm³/mol. The second-order valence-electron chi connectivity index (χ2n) is 3.76. The third-order valence-electron chi connectivity index (χ3n) is 2.74. The molecule has 0 amide bonds. The van der Waals surface area contributed by atoms with Gasteiger partial charge >= 0.3 is 11.6 Å². The van der Waals surface area contributed by atoms with Gasteiger partial charge in [0.05, 0.1) is 6.26 Å². The quantitative estimate of drug-likeness (QED) is 0.500. The highest BCUT2D eigenvalue weighted by atomic mass is 16.4. The maximum atomic E-state index is 11.6. The molecule has 3 aromatic rings. The minimum atomic E-state index is -1.25. The number of carboxylic acids is 1. The van der Waals surface area contributed by atoms with E-state index in [4.69, 9.17) is 19.7 Å². The molecule has 0 aliphatic rings. The number of furan rings is 1. The predicted octanol–water partition coefficient (Wildman–Crippen LogP) is 1.82. The van der Waals surface area contributed by atoms with E-state index in [2.05, 4.69) is 0 Å². The van der Waals surface area contributed by atoms with Gasteiger partial charge in [-0.25, -0.2) is 9.59 Å². The van der Waals surface area contributed by atoms with Crippen molar-refractivity contribution in [2.75, 3.05) is 5.73 Å². The molecule has 1 aromatic carbocycles. The number of nitrogens with two attached hydrogens (primary N) is 1. The van der Waals surface area contributed by atoms with Gasteiger partial charge in [-0.3, -0.25) is 0 Å². The first-order valence-corrected chi connectivity index (χ1v) is 5.05. The molecule has 90 valence electrons. The molecule has 6 nitrogen and oxygen atoms in total. The van der Waals surface area contributed by atoms with Crippen molar-refractivity contribution < 1.29 is 18.7 Å². The molecule has 0 aliphatic carbocycles. The Kier molecular flexibility index (Phi) is 1.94. The summed E-state index contributed by atoms with van der Waals surface area (Å²) in [6.45, 7) is 0. The monoisotopic (exact) mass is 245 g/mol. The molecule has 2 aromatic heterocycles. The summed E-state index contributed by atoms with van der Waals surface area (Å²) in [5.74, 6) is -1.25. The Labute approximate surface area is 99.2 Å². The minimum absolute atomic E-state index is 0.0404. The number of hydrogen-bond acceptors (Lipinski definition) is 5. The highest BCUT2D eigenvalue weighted by Gasteiger charge is 2.19. The summed E-state index contributed by atoms with van der Waals surface area (Å²) in [6.07, 6.45) is 1.35. The SMILES string of the molecule is Nc1ccc2c(oc(=O)c3occc32)c1C(=O)O. The molecule has 0 saturated carbocycles. The maximum absolute atomic E-state index is 11.6. The number of nitrogen functional groups attached to an aromatic ring is 1. The smallest absolute Gasteiger partial charge is 0.380 e. The highest BCUT2D eigenvalue weighted by molar-refractivity contribution is 6.12. The Morgan fingerprint density at radius 2 is 1.89 bits per heavy atom. The molecule has 3 N–H and O–H groups in total. The lowest BCUT2D eigenvalue weighted by atomic mass is 10.1. The van der Waals surface area contributed by atoms with Gasteiger partial charge in [-0.05, 0) is 18.2 Å². The number of hydrogen-bond donors (Lipinski definition) is 2. The topological polar surface area (TPSA) is 107 Å². The number of carbonyl (C=O) groups is 1. The molecule has 0 bridgehead atoms. The van der Waals surface area contributed by atoms with Gasteiger partial charge < -0.3 is 19.7 Å². The van der Waals surface area contributed by atoms with Gasteiger partial charge in [0, 0.05) is 16.5 Å². The summed E-state index contributed by atoms with van der Waals surface area (Å²) < 4.78 is 10.00. The average molecular weight is 245 g/mol. The summed E-state index contributed by atoms with van der Waals surface area (Å²) >= 11 is 0. The van der Waals surface area contributed by atoms with E-state index in [1.165, 1.54) is 12.3 Å². The Morgan fingerprint density at radius 3 is 2.61 bits per heavy atom. The third-order valence-corrected chi connectivity index (χ3v) is 2.74. The van der Waals surface area contributed by atoms with Crippen LogP contribution in [-0.2, 0) is 0 Å². The van der Waals surface area contributed by atoms with Gasteiger partial charge in [-0.2, -0.15) is 0 Å². The number of aromatic carboxylic acids is 1. The number of carboxylic acid groups (broad SMARTS) is 1. The molecule has 0 spiro atoms.